The molecule has 0 saturated heterocycles. The van der Waals surface area contributed by atoms with Crippen molar-refractivity contribution in [2.24, 2.45) is 5.73 Å². The number of rotatable bonds is 3. The third-order valence-corrected chi connectivity index (χ3v) is 5.04. The molecule has 1 aromatic carbocycles. The minimum Gasteiger partial charge on any atom is -0.324 e. The van der Waals surface area contributed by atoms with E-state index in [1.54, 1.807) is 11.3 Å². The van der Waals surface area contributed by atoms with Crippen LogP contribution in [0.1, 0.15) is 32.7 Å². The first kappa shape index (κ1) is 13.7. The summed E-state index contributed by atoms with van der Waals surface area (Å²) < 4.78 is 1.11. The molecule has 2 rings (SSSR count). The summed E-state index contributed by atoms with van der Waals surface area (Å²) >= 11 is 5.29. The topological polar surface area (TPSA) is 38.9 Å². The van der Waals surface area contributed by atoms with Crippen LogP contribution in [-0.4, -0.2) is 4.98 Å². The lowest BCUT2D eigenvalue weighted by atomic mass is 10.0. The van der Waals surface area contributed by atoms with Gasteiger partial charge in [0, 0.05) is 21.8 Å². The molecule has 18 heavy (non-hydrogen) atoms. The Morgan fingerprint density at radius 2 is 2.06 bits per heavy atom. The second-order valence-electron chi connectivity index (χ2n) is 4.57. The van der Waals surface area contributed by atoms with Crippen LogP contribution in [0, 0.1) is 20.8 Å². The molecule has 1 aromatic heterocycles. The van der Waals surface area contributed by atoms with Crippen molar-refractivity contribution in [3.05, 3.63) is 49.4 Å². The first-order valence-corrected chi connectivity index (χ1v) is 7.53. The summed E-state index contributed by atoms with van der Waals surface area (Å²) in [6, 6.07) is 6.30. The molecule has 1 unspecified atom stereocenters. The van der Waals surface area contributed by atoms with Gasteiger partial charge in [-0.25, -0.2) is 4.98 Å². The SMILES string of the molecule is Cc1ccc(C(N)Cc2nc(C)c(C)s2)cc1Br. The Balaban J connectivity index is 2.16. The molecular formula is C14H17BrN2S. The van der Waals surface area contributed by atoms with Crippen molar-refractivity contribution in [3.63, 3.8) is 0 Å². The molecule has 4 heteroatoms. The smallest absolute Gasteiger partial charge is 0.0949 e. The van der Waals surface area contributed by atoms with E-state index in [4.69, 9.17) is 5.73 Å². The van der Waals surface area contributed by atoms with E-state index in [2.05, 4.69) is 53.0 Å². The quantitative estimate of drug-likeness (QED) is 0.924. The Morgan fingerprint density at radius 3 is 2.61 bits per heavy atom. The zero-order chi connectivity index (χ0) is 13.3. The molecule has 0 fully saturated rings. The molecule has 0 aliphatic heterocycles. The van der Waals surface area contributed by atoms with E-state index in [-0.39, 0.29) is 6.04 Å². The van der Waals surface area contributed by atoms with E-state index >= 15 is 0 Å². The average Bonchev–Trinajstić information content (AvgIpc) is 2.61. The van der Waals surface area contributed by atoms with Gasteiger partial charge in [-0.05, 0) is 38.0 Å². The summed E-state index contributed by atoms with van der Waals surface area (Å²) in [5.74, 6) is 0. The van der Waals surface area contributed by atoms with Gasteiger partial charge in [-0.2, -0.15) is 0 Å². The van der Waals surface area contributed by atoms with Crippen LogP contribution in [0.3, 0.4) is 0 Å². The summed E-state index contributed by atoms with van der Waals surface area (Å²) in [5.41, 5.74) is 9.75. The van der Waals surface area contributed by atoms with E-state index in [0.29, 0.717) is 0 Å². The van der Waals surface area contributed by atoms with Crippen molar-refractivity contribution >= 4 is 27.3 Å². The molecule has 2 aromatic rings. The number of hydrogen-bond donors (Lipinski definition) is 1. The third-order valence-electron chi connectivity index (χ3n) is 3.09. The number of benzene rings is 1. The van der Waals surface area contributed by atoms with Gasteiger partial charge >= 0.3 is 0 Å². The molecule has 1 heterocycles. The minimum absolute atomic E-state index is 0.00634. The van der Waals surface area contributed by atoms with Crippen LogP contribution in [0.4, 0.5) is 0 Å². The zero-order valence-corrected chi connectivity index (χ0v) is 13.2. The monoisotopic (exact) mass is 324 g/mol. The summed E-state index contributed by atoms with van der Waals surface area (Å²) in [7, 11) is 0. The summed E-state index contributed by atoms with van der Waals surface area (Å²) in [6.45, 7) is 6.22. The highest BCUT2D eigenvalue weighted by Crippen LogP contribution is 2.25. The number of nitrogens with zero attached hydrogens (tertiary/aromatic N) is 1. The molecule has 0 spiro atoms. The number of aromatic nitrogens is 1. The molecule has 0 bridgehead atoms. The maximum atomic E-state index is 6.25. The van der Waals surface area contributed by atoms with Gasteiger partial charge in [-0.1, -0.05) is 28.1 Å². The number of halogens is 1. The van der Waals surface area contributed by atoms with Gasteiger partial charge < -0.3 is 5.73 Å². The fourth-order valence-corrected chi connectivity index (χ4v) is 3.16. The largest absolute Gasteiger partial charge is 0.324 e. The second-order valence-corrected chi connectivity index (χ2v) is 6.71. The van der Waals surface area contributed by atoms with Gasteiger partial charge in [0.25, 0.3) is 0 Å². The van der Waals surface area contributed by atoms with E-state index in [9.17, 15) is 0 Å². The third kappa shape index (κ3) is 2.99. The summed E-state index contributed by atoms with van der Waals surface area (Å²) in [4.78, 5) is 5.82. The van der Waals surface area contributed by atoms with Gasteiger partial charge in [0.05, 0.1) is 10.7 Å². The average molecular weight is 325 g/mol. The van der Waals surface area contributed by atoms with Crippen molar-refractivity contribution in [2.45, 2.75) is 33.2 Å². The molecule has 2 N–H and O–H groups in total. The fraction of sp³-hybridized carbons (Fsp3) is 0.357. The maximum absolute atomic E-state index is 6.25. The first-order valence-electron chi connectivity index (χ1n) is 5.92. The van der Waals surface area contributed by atoms with Crippen LogP contribution in [0.15, 0.2) is 22.7 Å². The van der Waals surface area contributed by atoms with Gasteiger partial charge in [-0.3, -0.25) is 0 Å². The molecule has 2 nitrogen and oxygen atoms in total. The van der Waals surface area contributed by atoms with Crippen molar-refractivity contribution in [1.82, 2.24) is 4.98 Å². The van der Waals surface area contributed by atoms with Crippen molar-refractivity contribution in [2.75, 3.05) is 0 Å². The Hall–Kier alpha value is -0.710. The lowest BCUT2D eigenvalue weighted by Crippen LogP contribution is -2.13. The summed E-state index contributed by atoms with van der Waals surface area (Å²) in [5, 5.41) is 1.12. The normalized spacial score (nSPS) is 12.7. The highest BCUT2D eigenvalue weighted by molar-refractivity contribution is 9.10. The predicted octanol–water partition coefficient (Wildman–Crippen LogP) is 4.07. The van der Waals surface area contributed by atoms with Crippen molar-refractivity contribution in [1.29, 1.82) is 0 Å². The lowest BCUT2D eigenvalue weighted by molar-refractivity contribution is 0.716. The number of hydrogen-bond acceptors (Lipinski definition) is 3. The highest BCUT2D eigenvalue weighted by Gasteiger charge is 2.12. The molecule has 1 atom stereocenters. The Morgan fingerprint density at radius 1 is 1.33 bits per heavy atom. The molecule has 96 valence electrons. The van der Waals surface area contributed by atoms with E-state index in [1.165, 1.54) is 10.4 Å². The van der Waals surface area contributed by atoms with E-state index in [0.717, 1.165) is 27.2 Å². The second kappa shape index (κ2) is 5.51. The summed E-state index contributed by atoms with van der Waals surface area (Å²) in [6.07, 6.45) is 0.800. The van der Waals surface area contributed by atoms with Gasteiger partial charge in [0.15, 0.2) is 0 Å². The lowest BCUT2D eigenvalue weighted by Gasteiger charge is -2.11. The van der Waals surface area contributed by atoms with Gasteiger partial charge in [0.1, 0.15) is 0 Å². The van der Waals surface area contributed by atoms with Crippen LogP contribution >= 0.6 is 27.3 Å². The Labute approximate surface area is 120 Å². The molecule has 0 saturated carbocycles. The maximum Gasteiger partial charge on any atom is 0.0949 e. The van der Waals surface area contributed by atoms with Crippen LogP contribution in [-0.2, 0) is 6.42 Å². The minimum atomic E-state index is 0.00634. The number of nitrogens with two attached hydrogens (primary N) is 1. The molecule has 0 aliphatic carbocycles. The van der Waals surface area contributed by atoms with Crippen LogP contribution < -0.4 is 5.73 Å². The molecule has 0 aliphatic rings. The van der Waals surface area contributed by atoms with Crippen molar-refractivity contribution < 1.29 is 0 Å². The zero-order valence-electron chi connectivity index (χ0n) is 10.8. The van der Waals surface area contributed by atoms with E-state index < -0.39 is 0 Å². The van der Waals surface area contributed by atoms with Crippen molar-refractivity contribution in [3.8, 4) is 0 Å². The fourth-order valence-electron chi connectivity index (χ4n) is 1.77. The van der Waals surface area contributed by atoms with Crippen LogP contribution in [0.5, 0.6) is 0 Å². The predicted molar refractivity (Wildman–Crippen MR) is 81.1 cm³/mol. The van der Waals surface area contributed by atoms with Gasteiger partial charge in [0.2, 0.25) is 0 Å². The number of thiazole rings is 1. The number of aryl methyl sites for hydroxylation is 3. The first-order chi connectivity index (χ1) is 8.47. The van der Waals surface area contributed by atoms with Gasteiger partial charge in [-0.15, -0.1) is 11.3 Å². The standard InChI is InChI=1S/C14H17BrN2S/c1-8-4-5-11(6-12(8)15)13(16)7-14-17-9(2)10(3)18-14/h4-6,13H,7,16H2,1-3H3. The molecular weight excluding hydrogens is 308 g/mol. The Bertz CT molecular complexity index is 543. The van der Waals surface area contributed by atoms with Crippen LogP contribution in [0.2, 0.25) is 0 Å². The molecule has 0 radical (unpaired) electrons. The van der Waals surface area contributed by atoms with Crippen LogP contribution in [0.25, 0.3) is 0 Å². The highest BCUT2D eigenvalue weighted by atomic mass is 79.9. The van der Waals surface area contributed by atoms with E-state index in [1.807, 2.05) is 6.92 Å². The Kier molecular flexibility index (Phi) is 4.20. The molecule has 0 amide bonds.